The average molecular weight is 350 g/mol. The smallest absolute Gasteiger partial charge is 0.187 e. The normalized spacial score (nSPS) is 10.8. The van der Waals surface area contributed by atoms with Gasteiger partial charge in [-0.25, -0.2) is 14.4 Å². The van der Waals surface area contributed by atoms with Gasteiger partial charge in [0.15, 0.2) is 5.13 Å². The summed E-state index contributed by atoms with van der Waals surface area (Å²) in [5, 5.41) is 5.94. The van der Waals surface area contributed by atoms with Gasteiger partial charge in [-0.15, -0.1) is 11.3 Å². The van der Waals surface area contributed by atoms with E-state index in [0.717, 1.165) is 27.8 Å². The lowest BCUT2D eigenvalue weighted by atomic mass is 10.1. The van der Waals surface area contributed by atoms with Crippen molar-refractivity contribution < 1.29 is 4.39 Å². The van der Waals surface area contributed by atoms with E-state index in [-0.39, 0.29) is 5.82 Å². The summed E-state index contributed by atoms with van der Waals surface area (Å²) in [6.07, 6.45) is 3.40. The Morgan fingerprint density at radius 3 is 2.68 bits per heavy atom. The Labute approximate surface area is 148 Å². The summed E-state index contributed by atoms with van der Waals surface area (Å²) in [4.78, 5) is 8.68. The highest BCUT2D eigenvalue weighted by atomic mass is 32.1. The standard InChI is InChI=1S/C19H15FN4S/c1-13-10-24(12-21-13)18-8-7-14(9-16(18)20)17-11-25-19(23-17)22-15-5-3-2-4-6-15/h2-12H,1H3,(H,22,23). The number of aryl methyl sites for hydroxylation is 1. The molecule has 0 aliphatic rings. The molecule has 0 unspecified atom stereocenters. The molecule has 4 nitrogen and oxygen atoms in total. The quantitative estimate of drug-likeness (QED) is 0.551. The molecule has 25 heavy (non-hydrogen) atoms. The van der Waals surface area contributed by atoms with E-state index in [1.165, 1.54) is 17.4 Å². The molecule has 0 saturated carbocycles. The van der Waals surface area contributed by atoms with Crippen LogP contribution in [-0.4, -0.2) is 14.5 Å². The number of hydrogen-bond donors (Lipinski definition) is 1. The Morgan fingerprint density at radius 2 is 1.96 bits per heavy atom. The van der Waals surface area contributed by atoms with Crippen LogP contribution in [0.2, 0.25) is 0 Å². The number of benzene rings is 2. The first-order chi connectivity index (χ1) is 12.2. The van der Waals surface area contributed by atoms with E-state index in [9.17, 15) is 4.39 Å². The van der Waals surface area contributed by atoms with E-state index in [4.69, 9.17) is 0 Å². The Morgan fingerprint density at radius 1 is 1.12 bits per heavy atom. The maximum absolute atomic E-state index is 14.5. The first-order valence-corrected chi connectivity index (χ1v) is 8.65. The summed E-state index contributed by atoms with van der Waals surface area (Å²) >= 11 is 1.49. The molecule has 0 bridgehead atoms. The Kier molecular flexibility index (Phi) is 4.03. The van der Waals surface area contributed by atoms with Crippen molar-refractivity contribution in [3.8, 4) is 16.9 Å². The molecular weight excluding hydrogens is 335 g/mol. The SMILES string of the molecule is Cc1cn(-c2ccc(-c3csc(Nc4ccccc4)n3)cc2F)cn1. The maximum atomic E-state index is 14.5. The summed E-state index contributed by atoms with van der Waals surface area (Å²) in [6.45, 7) is 1.87. The number of nitrogens with one attached hydrogen (secondary N) is 1. The van der Waals surface area contributed by atoms with Crippen molar-refractivity contribution >= 4 is 22.2 Å². The summed E-state index contributed by atoms with van der Waals surface area (Å²) in [7, 11) is 0. The van der Waals surface area contributed by atoms with Gasteiger partial charge in [-0.3, -0.25) is 0 Å². The van der Waals surface area contributed by atoms with Crippen LogP contribution in [0.3, 0.4) is 0 Å². The molecule has 0 fully saturated rings. The molecule has 2 heterocycles. The van der Waals surface area contributed by atoms with Crippen molar-refractivity contribution in [1.82, 2.24) is 14.5 Å². The second-order valence-corrected chi connectivity index (χ2v) is 6.48. The number of anilines is 2. The zero-order valence-corrected chi connectivity index (χ0v) is 14.3. The van der Waals surface area contributed by atoms with Gasteiger partial charge in [0, 0.05) is 22.8 Å². The molecule has 0 spiro atoms. The summed E-state index contributed by atoms with van der Waals surface area (Å²) in [5.41, 5.74) is 3.79. The fourth-order valence-corrected chi connectivity index (χ4v) is 3.28. The number of hydrogen-bond acceptors (Lipinski definition) is 4. The molecular formula is C19H15FN4S. The van der Waals surface area contributed by atoms with Crippen molar-refractivity contribution in [2.24, 2.45) is 0 Å². The first kappa shape index (κ1) is 15.5. The predicted octanol–water partition coefficient (Wildman–Crippen LogP) is 5.19. The molecule has 2 aromatic carbocycles. The van der Waals surface area contributed by atoms with Gasteiger partial charge in [-0.2, -0.15) is 0 Å². The highest BCUT2D eigenvalue weighted by Crippen LogP contribution is 2.28. The lowest BCUT2D eigenvalue weighted by Gasteiger charge is -2.05. The maximum Gasteiger partial charge on any atom is 0.187 e. The van der Waals surface area contributed by atoms with Crippen molar-refractivity contribution in [2.45, 2.75) is 6.92 Å². The summed E-state index contributed by atoms with van der Waals surface area (Å²) < 4.78 is 16.2. The predicted molar refractivity (Wildman–Crippen MR) is 99.1 cm³/mol. The number of para-hydroxylation sites is 1. The van der Waals surface area contributed by atoms with E-state index in [0.29, 0.717) is 5.69 Å². The van der Waals surface area contributed by atoms with Crippen LogP contribution in [0.4, 0.5) is 15.2 Å². The zero-order chi connectivity index (χ0) is 17.2. The monoisotopic (exact) mass is 350 g/mol. The number of thiazole rings is 1. The molecule has 0 atom stereocenters. The van der Waals surface area contributed by atoms with Gasteiger partial charge in [0.1, 0.15) is 5.82 Å². The van der Waals surface area contributed by atoms with Crippen molar-refractivity contribution in [1.29, 1.82) is 0 Å². The zero-order valence-electron chi connectivity index (χ0n) is 13.5. The third-order valence-corrected chi connectivity index (χ3v) is 4.52. The van der Waals surface area contributed by atoms with Gasteiger partial charge < -0.3 is 9.88 Å². The lowest BCUT2D eigenvalue weighted by Crippen LogP contribution is -1.95. The minimum Gasteiger partial charge on any atom is -0.332 e. The third kappa shape index (κ3) is 3.29. The van der Waals surface area contributed by atoms with Gasteiger partial charge in [0.05, 0.1) is 23.4 Å². The summed E-state index contributed by atoms with van der Waals surface area (Å²) in [5.74, 6) is -0.305. The molecule has 124 valence electrons. The molecule has 0 amide bonds. The van der Waals surface area contributed by atoms with E-state index < -0.39 is 0 Å². The molecule has 0 radical (unpaired) electrons. The fourth-order valence-electron chi connectivity index (χ4n) is 2.54. The van der Waals surface area contributed by atoms with Gasteiger partial charge in [0.2, 0.25) is 0 Å². The number of aromatic nitrogens is 3. The van der Waals surface area contributed by atoms with Crippen LogP contribution >= 0.6 is 11.3 Å². The van der Waals surface area contributed by atoms with Crippen LogP contribution in [-0.2, 0) is 0 Å². The van der Waals surface area contributed by atoms with Gasteiger partial charge >= 0.3 is 0 Å². The Balaban J connectivity index is 1.59. The van der Waals surface area contributed by atoms with Crippen molar-refractivity contribution in [2.75, 3.05) is 5.32 Å². The minimum absolute atomic E-state index is 0.305. The highest BCUT2D eigenvalue weighted by Gasteiger charge is 2.10. The topological polar surface area (TPSA) is 42.7 Å². The van der Waals surface area contributed by atoms with Crippen LogP contribution in [0.25, 0.3) is 16.9 Å². The van der Waals surface area contributed by atoms with Crippen LogP contribution in [0.5, 0.6) is 0 Å². The molecule has 6 heteroatoms. The molecule has 1 N–H and O–H groups in total. The Hall–Kier alpha value is -2.99. The van der Waals surface area contributed by atoms with E-state index in [2.05, 4.69) is 15.3 Å². The fraction of sp³-hybridized carbons (Fsp3) is 0.0526. The highest BCUT2D eigenvalue weighted by molar-refractivity contribution is 7.14. The number of rotatable bonds is 4. The number of imidazole rings is 1. The van der Waals surface area contributed by atoms with Crippen molar-refractivity contribution in [3.05, 3.63) is 77.9 Å². The molecule has 2 aromatic heterocycles. The molecule has 0 saturated heterocycles. The van der Waals surface area contributed by atoms with Crippen LogP contribution in [0, 0.1) is 12.7 Å². The lowest BCUT2D eigenvalue weighted by molar-refractivity contribution is 0.618. The average Bonchev–Trinajstić information content (AvgIpc) is 3.25. The molecule has 4 rings (SSSR count). The first-order valence-electron chi connectivity index (χ1n) is 7.77. The molecule has 0 aliphatic heterocycles. The number of halogens is 1. The van der Waals surface area contributed by atoms with Crippen LogP contribution in [0.15, 0.2) is 66.4 Å². The molecule has 0 aliphatic carbocycles. The Bertz CT molecular complexity index is 1010. The van der Waals surface area contributed by atoms with E-state index in [1.807, 2.05) is 48.7 Å². The second kappa shape index (κ2) is 6.49. The van der Waals surface area contributed by atoms with Crippen LogP contribution < -0.4 is 5.32 Å². The third-order valence-electron chi connectivity index (χ3n) is 3.76. The van der Waals surface area contributed by atoms with Gasteiger partial charge in [0.25, 0.3) is 0 Å². The number of nitrogens with zero attached hydrogens (tertiary/aromatic N) is 3. The van der Waals surface area contributed by atoms with E-state index in [1.54, 1.807) is 23.2 Å². The van der Waals surface area contributed by atoms with Gasteiger partial charge in [-0.05, 0) is 31.2 Å². The van der Waals surface area contributed by atoms with Crippen LogP contribution in [0.1, 0.15) is 5.69 Å². The minimum atomic E-state index is -0.305. The van der Waals surface area contributed by atoms with Crippen molar-refractivity contribution in [3.63, 3.8) is 0 Å². The summed E-state index contributed by atoms with van der Waals surface area (Å²) in [6, 6.07) is 15.0. The molecule has 4 aromatic rings. The largest absolute Gasteiger partial charge is 0.332 e. The van der Waals surface area contributed by atoms with Gasteiger partial charge in [-0.1, -0.05) is 24.3 Å². The second-order valence-electron chi connectivity index (χ2n) is 5.62. The van der Waals surface area contributed by atoms with E-state index >= 15 is 0 Å².